The summed E-state index contributed by atoms with van der Waals surface area (Å²) in [6, 6.07) is 1.82. The van der Waals surface area contributed by atoms with E-state index >= 15 is 0 Å². The zero-order chi connectivity index (χ0) is 13.8. The van der Waals surface area contributed by atoms with Crippen molar-refractivity contribution >= 4 is 44.6 Å². The monoisotopic (exact) mass is 341 g/mol. The van der Waals surface area contributed by atoms with Gasteiger partial charge in [-0.3, -0.25) is 14.3 Å². The standard InChI is InChI=1S/C12H12BrN3O2S/c1-16-7-8(6-14-16)10(17)2-3-11(18)15-9-4-5-19-12(9)13/h4-7H,2-3H2,1H3,(H,15,18). The van der Waals surface area contributed by atoms with Gasteiger partial charge in [0.25, 0.3) is 0 Å². The van der Waals surface area contributed by atoms with Gasteiger partial charge in [0.05, 0.1) is 21.2 Å². The van der Waals surface area contributed by atoms with Crippen LogP contribution >= 0.6 is 27.3 Å². The second-order valence-corrected chi connectivity index (χ2v) is 6.22. The number of Topliss-reactive ketones (excluding diaryl/α,β-unsaturated/α-hetero) is 1. The summed E-state index contributed by atoms with van der Waals surface area (Å²) in [5, 5.41) is 8.56. The molecule has 2 rings (SSSR count). The largest absolute Gasteiger partial charge is 0.324 e. The summed E-state index contributed by atoms with van der Waals surface area (Å²) in [5.74, 6) is -0.246. The van der Waals surface area contributed by atoms with Crippen molar-refractivity contribution in [1.29, 1.82) is 0 Å². The first-order valence-corrected chi connectivity index (χ1v) is 7.28. The van der Waals surface area contributed by atoms with Crippen LogP contribution in [-0.4, -0.2) is 21.5 Å². The van der Waals surface area contributed by atoms with Crippen molar-refractivity contribution in [3.63, 3.8) is 0 Å². The number of hydrogen-bond acceptors (Lipinski definition) is 4. The Morgan fingerprint density at radius 3 is 2.84 bits per heavy atom. The highest BCUT2D eigenvalue weighted by Gasteiger charge is 2.12. The molecule has 7 heteroatoms. The number of thiophene rings is 1. The molecule has 0 aromatic carbocycles. The van der Waals surface area contributed by atoms with Crippen LogP contribution in [0.1, 0.15) is 23.2 Å². The number of aryl methyl sites for hydroxylation is 1. The van der Waals surface area contributed by atoms with Crippen LogP contribution in [0.2, 0.25) is 0 Å². The number of carbonyl (C=O) groups is 2. The molecule has 0 aliphatic carbocycles. The molecule has 0 radical (unpaired) electrons. The highest BCUT2D eigenvalue weighted by molar-refractivity contribution is 9.11. The van der Waals surface area contributed by atoms with E-state index in [-0.39, 0.29) is 24.5 Å². The molecule has 0 saturated carbocycles. The molecular weight excluding hydrogens is 330 g/mol. The van der Waals surface area contributed by atoms with E-state index in [1.807, 2.05) is 11.4 Å². The van der Waals surface area contributed by atoms with Gasteiger partial charge in [-0.1, -0.05) is 0 Å². The molecule has 0 spiro atoms. The number of rotatable bonds is 5. The fourth-order valence-corrected chi connectivity index (χ4v) is 2.66. The van der Waals surface area contributed by atoms with Gasteiger partial charge in [0.2, 0.25) is 5.91 Å². The number of amides is 1. The number of anilines is 1. The predicted octanol–water partition coefficient (Wildman–Crippen LogP) is 2.85. The minimum Gasteiger partial charge on any atom is -0.324 e. The lowest BCUT2D eigenvalue weighted by Gasteiger charge is -2.02. The molecule has 0 unspecified atom stereocenters. The number of nitrogens with zero attached hydrogens (tertiary/aromatic N) is 2. The van der Waals surface area contributed by atoms with Crippen molar-refractivity contribution in [3.05, 3.63) is 33.2 Å². The Kier molecular flexibility index (Phi) is 4.49. The molecule has 2 aromatic rings. The van der Waals surface area contributed by atoms with Crippen molar-refractivity contribution in [2.24, 2.45) is 7.05 Å². The minimum atomic E-state index is -0.170. The van der Waals surface area contributed by atoms with E-state index in [0.717, 1.165) is 9.47 Å². The van der Waals surface area contributed by atoms with Crippen LogP contribution in [-0.2, 0) is 11.8 Å². The van der Waals surface area contributed by atoms with Crippen LogP contribution in [0.25, 0.3) is 0 Å². The van der Waals surface area contributed by atoms with Crippen LogP contribution in [0.5, 0.6) is 0 Å². The maximum absolute atomic E-state index is 11.8. The molecule has 1 N–H and O–H groups in total. The van der Waals surface area contributed by atoms with E-state index in [4.69, 9.17) is 0 Å². The Balaban J connectivity index is 1.84. The first-order valence-electron chi connectivity index (χ1n) is 5.61. The topological polar surface area (TPSA) is 64.0 Å². The van der Waals surface area contributed by atoms with Gasteiger partial charge in [0, 0.05) is 26.1 Å². The number of aromatic nitrogens is 2. The second-order valence-electron chi connectivity index (χ2n) is 3.98. The minimum absolute atomic E-state index is 0.0763. The molecule has 19 heavy (non-hydrogen) atoms. The van der Waals surface area contributed by atoms with E-state index in [2.05, 4.69) is 26.3 Å². The zero-order valence-corrected chi connectivity index (χ0v) is 12.6. The normalized spacial score (nSPS) is 10.4. The molecule has 2 aromatic heterocycles. The van der Waals surface area contributed by atoms with E-state index in [1.54, 1.807) is 17.9 Å². The summed E-state index contributed by atoms with van der Waals surface area (Å²) in [6.07, 6.45) is 3.50. The van der Waals surface area contributed by atoms with E-state index in [1.165, 1.54) is 17.5 Å². The lowest BCUT2D eigenvalue weighted by molar-refractivity contribution is -0.116. The summed E-state index contributed by atoms with van der Waals surface area (Å²) < 4.78 is 2.44. The lowest BCUT2D eigenvalue weighted by Crippen LogP contribution is -2.13. The first kappa shape index (κ1) is 14.0. The Labute approximate surface area is 122 Å². The number of carbonyl (C=O) groups excluding carboxylic acids is 2. The molecule has 0 fully saturated rings. The van der Waals surface area contributed by atoms with Gasteiger partial charge < -0.3 is 5.32 Å². The average molecular weight is 342 g/mol. The SMILES string of the molecule is Cn1cc(C(=O)CCC(=O)Nc2ccsc2Br)cn1. The van der Waals surface area contributed by atoms with Gasteiger partial charge in [0.1, 0.15) is 0 Å². The van der Waals surface area contributed by atoms with Crippen molar-refractivity contribution in [3.8, 4) is 0 Å². The third kappa shape index (κ3) is 3.74. The summed E-state index contributed by atoms with van der Waals surface area (Å²) in [5.41, 5.74) is 1.27. The fraction of sp³-hybridized carbons (Fsp3) is 0.250. The highest BCUT2D eigenvalue weighted by atomic mass is 79.9. The van der Waals surface area contributed by atoms with Crippen LogP contribution in [0.4, 0.5) is 5.69 Å². The fourth-order valence-electron chi connectivity index (χ4n) is 1.53. The molecule has 0 aliphatic rings. The van der Waals surface area contributed by atoms with Crippen LogP contribution < -0.4 is 5.32 Å². The smallest absolute Gasteiger partial charge is 0.224 e. The van der Waals surface area contributed by atoms with E-state index in [0.29, 0.717) is 5.56 Å². The lowest BCUT2D eigenvalue weighted by atomic mass is 10.1. The third-order valence-electron chi connectivity index (χ3n) is 2.50. The molecule has 2 heterocycles. The first-order chi connectivity index (χ1) is 9.06. The number of nitrogens with one attached hydrogen (secondary N) is 1. The van der Waals surface area contributed by atoms with Gasteiger partial charge >= 0.3 is 0 Å². The van der Waals surface area contributed by atoms with Crippen molar-refractivity contribution in [1.82, 2.24) is 9.78 Å². The van der Waals surface area contributed by atoms with Gasteiger partial charge in [-0.2, -0.15) is 5.10 Å². The summed E-state index contributed by atoms with van der Waals surface area (Å²) in [7, 11) is 1.75. The number of halogens is 1. The quantitative estimate of drug-likeness (QED) is 0.850. The molecule has 1 amide bonds. The maximum Gasteiger partial charge on any atom is 0.224 e. The predicted molar refractivity (Wildman–Crippen MR) is 77.4 cm³/mol. The molecule has 0 atom stereocenters. The van der Waals surface area contributed by atoms with Crippen molar-refractivity contribution < 1.29 is 9.59 Å². The molecule has 0 aliphatic heterocycles. The summed E-state index contributed by atoms with van der Waals surface area (Å²) in [4.78, 5) is 23.5. The Morgan fingerprint density at radius 2 is 2.26 bits per heavy atom. The van der Waals surface area contributed by atoms with Gasteiger partial charge in [-0.05, 0) is 27.4 Å². The molecule has 0 bridgehead atoms. The second kappa shape index (κ2) is 6.12. The van der Waals surface area contributed by atoms with Gasteiger partial charge in [-0.15, -0.1) is 11.3 Å². The molecule has 5 nitrogen and oxygen atoms in total. The van der Waals surface area contributed by atoms with Crippen LogP contribution in [0.15, 0.2) is 27.6 Å². The Bertz CT molecular complexity index is 606. The average Bonchev–Trinajstić information content (AvgIpc) is 2.96. The highest BCUT2D eigenvalue weighted by Crippen LogP contribution is 2.28. The zero-order valence-electron chi connectivity index (χ0n) is 10.2. The van der Waals surface area contributed by atoms with E-state index in [9.17, 15) is 9.59 Å². The Hall–Kier alpha value is -1.47. The molecule has 100 valence electrons. The Morgan fingerprint density at radius 1 is 1.47 bits per heavy atom. The van der Waals surface area contributed by atoms with Crippen LogP contribution in [0.3, 0.4) is 0 Å². The number of hydrogen-bond donors (Lipinski definition) is 1. The van der Waals surface area contributed by atoms with Gasteiger partial charge in [0.15, 0.2) is 5.78 Å². The summed E-state index contributed by atoms with van der Waals surface area (Å²) >= 11 is 4.83. The van der Waals surface area contributed by atoms with E-state index < -0.39 is 0 Å². The van der Waals surface area contributed by atoms with Crippen molar-refractivity contribution in [2.75, 3.05) is 5.32 Å². The summed E-state index contributed by atoms with van der Waals surface area (Å²) in [6.45, 7) is 0. The van der Waals surface area contributed by atoms with Crippen molar-refractivity contribution in [2.45, 2.75) is 12.8 Å². The third-order valence-corrected chi connectivity index (χ3v) is 4.18. The van der Waals surface area contributed by atoms with Gasteiger partial charge in [-0.25, -0.2) is 0 Å². The maximum atomic E-state index is 11.8. The molecule has 0 saturated heterocycles. The molecular formula is C12H12BrN3O2S. The number of ketones is 1. The van der Waals surface area contributed by atoms with Crippen LogP contribution in [0, 0.1) is 0 Å².